The lowest BCUT2D eigenvalue weighted by atomic mass is 10.0. The molecule has 11 N–H and O–H groups in total. The summed E-state index contributed by atoms with van der Waals surface area (Å²) >= 11 is 0. The van der Waals surface area contributed by atoms with Gasteiger partial charge in [0.05, 0.1) is 6.61 Å². The summed E-state index contributed by atoms with van der Waals surface area (Å²) in [5.74, 6) is -3.50. The predicted octanol–water partition coefficient (Wildman–Crippen LogP) is -2.84. The Balaban J connectivity index is 2.91. The number of aliphatic hydroxyl groups is 1. The van der Waals surface area contributed by atoms with Gasteiger partial charge >= 0.3 is 5.97 Å². The first-order valence-electron chi connectivity index (χ1n) is 10.6. The molecule has 0 aliphatic rings. The number of amides is 3. The smallest absolute Gasteiger partial charge is 0.326 e. The van der Waals surface area contributed by atoms with Crippen LogP contribution in [0, 0.1) is 0 Å². The molecule has 0 saturated heterocycles. The highest BCUT2D eigenvalue weighted by atomic mass is 16.4. The molecular formula is C21H33N7O6. The minimum atomic E-state index is -1.25. The van der Waals surface area contributed by atoms with Gasteiger partial charge < -0.3 is 43.4 Å². The van der Waals surface area contributed by atoms with Crippen molar-refractivity contribution >= 4 is 29.7 Å². The fourth-order valence-corrected chi connectivity index (χ4v) is 2.86. The number of aliphatic hydroxyl groups excluding tert-OH is 1. The van der Waals surface area contributed by atoms with E-state index < -0.39 is 54.5 Å². The molecule has 0 radical (unpaired) electrons. The summed E-state index contributed by atoms with van der Waals surface area (Å²) in [7, 11) is 0. The van der Waals surface area contributed by atoms with Crippen LogP contribution in [0.25, 0.3) is 0 Å². The Hall–Kier alpha value is -3.71. The Morgan fingerprint density at radius 3 is 2.15 bits per heavy atom. The van der Waals surface area contributed by atoms with Gasteiger partial charge in [-0.05, 0) is 25.3 Å². The summed E-state index contributed by atoms with van der Waals surface area (Å²) in [5.41, 5.74) is 16.6. The molecule has 0 aromatic heterocycles. The standard InChI is InChI=1S/C21H33N7O6/c1-12(26-18(31)14(22)11-29)17(30)28-16(10-13-6-3-2-4-7-13)19(32)27-15(20(33)34)8-5-9-25-21(23)24/h2-4,6-7,12,14-16,29H,5,8-11,22H2,1H3,(H,26,31)(H,27,32)(H,28,30)(H,33,34)(H4,23,24,25). The van der Waals surface area contributed by atoms with Crippen molar-refractivity contribution in [3.63, 3.8) is 0 Å². The SMILES string of the molecule is CC(NC(=O)C(N)CO)C(=O)NC(Cc1ccccc1)C(=O)NC(CCCN=C(N)N)C(=O)O. The van der Waals surface area contributed by atoms with Crippen molar-refractivity contribution < 1.29 is 29.4 Å². The second-order valence-electron chi connectivity index (χ2n) is 7.62. The van der Waals surface area contributed by atoms with Crippen LogP contribution in [0.5, 0.6) is 0 Å². The van der Waals surface area contributed by atoms with Gasteiger partial charge in [0.25, 0.3) is 0 Å². The van der Waals surface area contributed by atoms with E-state index in [0.717, 1.165) is 5.56 Å². The van der Waals surface area contributed by atoms with Crippen LogP contribution in [-0.2, 0) is 25.6 Å². The minimum absolute atomic E-state index is 0.0648. The van der Waals surface area contributed by atoms with Crippen LogP contribution in [0.15, 0.2) is 35.3 Å². The molecule has 0 spiro atoms. The fourth-order valence-electron chi connectivity index (χ4n) is 2.86. The lowest BCUT2D eigenvalue weighted by molar-refractivity contribution is -0.142. The average Bonchev–Trinajstić information content (AvgIpc) is 2.79. The lowest BCUT2D eigenvalue weighted by Crippen LogP contribution is -2.57. The van der Waals surface area contributed by atoms with Crippen LogP contribution < -0.4 is 33.2 Å². The molecule has 4 atom stereocenters. The summed E-state index contributed by atoms with van der Waals surface area (Å²) < 4.78 is 0. The van der Waals surface area contributed by atoms with Gasteiger partial charge in [0.2, 0.25) is 17.7 Å². The summed E-state index contributed by atoms with van der Waals surface area (Å²) in [4.78, 5) is 52.8. The third-order valence-electron chi connectivity index (χ3n) is 4.76. The number of nitrogens with zero attached hydrogens (tertiary/aromatic N) is 1. The third-order valence-corrected chi connectivity index (χ3v) is 4.76. The number of benzene rings is 1. The topological polar surface area (TPSA) is 235 Å². The molecule has 1 aromatic carbocycles. The van der Waals surface area contributed by atoms with Crippen molar-refractivity contribution in [3.8, 4) is 0 Å². The number of guanidine groups is 1. The monoisotopic (exact) mass is 479 g/mol. The molecule has 34 heavy (non-hydrogen) atoms. The van der Waals surface area contributed by atoms with Crippen LogP contribution in [0.1, 0.15) is 25.3 Å². The lowest BCUT2D eigenvalue weighted by Gasteiger charge is -2.24. The number of carboxylic acids is 1. The molecule has 188 valence electrons. The molecular weight excluding hydrogens is 446 g/mol. The predicted molar refractivity (Wildman–Crippen MR) is 124 cm³/mol. The van der Waals surface area contributed by atoms with Gasteiger partial charge in [0.15, 0.2) is 5.96 Å². The molecule has 13 heteroatoms. The average molecular weight is 480 g/mol. The molecule has 0 aliphatic heterocycles. The van der Waals surface area contributed by atoms with Crippen molar-refractivity contribution in [3.05, 3.63) is 35.9 Å². The van der Waals surface area contributed by atoms with Crippen LogP contribution in [0.3, 0.4) is 0 Å². The van der Waals surface area contributed by atoms with Gasteiger partial charge in [0, 0.05) is 13.0 Å². The summed E-state index contributed by atoms with van der Waals surface area (Å²) in [6.45, 7) is 0.983. The van der Waals surface area contributed by atoms with Crippen LogP contribution in [0.4, 0.5) is 0 Å². The van der Waals surface area contributed by atoms with Gasteiger partial charge in [-0.1, -0.05) is 30.3 Å². The van der Waals surface area contributed by atoms with E-state index in [0.29, 0.717) is 6.42 Å². The molecule has 1 aromatic rings. The number of nitrogens with one attached hydrogen (secondary N) is 3. The van der Waals surface area contributed by atoms with Crippen molar-refractivity contribution in [2.24, 2.45) is 22.2 Å². The highest BCUT2D eigenvalue weighted by Crippen LogP contribution is 2.06. The Kier molecular flexibility index (Phi) is 12.0. The van der Waals surface area contributed by atoms with Crippen LogP contribution >= 0.6 is 0 Å². The summed E-state index contributed by atoms with van der Waals surface area (Å²) in [5, 5.41) is 25.8. The highest BCUT2D eigenvalue weighted by molar-refractivity contribution is 5.94. The molecule has 4 unspecified atom stereocenters. The van der Waals surface area contributed by atoms with E-state index in [1.165, 1.54) is 6.92 Å². The number of nitrogens with two attached hydrogens (primary N) is 3. The van der Waals surface area contributed by atoms with Crippen LogP contribution in [0.2, 0.25) is 0 Å². The molecule has 0 fully saturated rings. The maximum atomic E-state index is 12.9. The maximum absolute atomic E-state index is 12.9. The van der Waals surface area contributed by atoms with Gasteiger partial charge in [-0.25, -0.2) is 4.79 Å². The van der Waals surface area contributed by atoms with Crippen molar-refractivity contribution in [2.45, 2.75) is 50.4 Å². The first-order chi connectivity index (χ1) is 16.0. The summed E-state index contributed by atoms with van der Waals surface area (Å²) in [6.07, 6.45) is 0.448. The minimum Gasteiger partial charge on any atom is -0.480 e. The Morgan fingerprint density at radius 1 is 0.971 bits per heavy atom. The molecule has 0 bridgehead atoms. The van der Waals surface area contributed by atoms with E-state index in [1.807, 2.05) is 0 Å². The number of aliphatic imine (C=N–C) groups is 1. The number of carbonyl (C=O) groups is 4. The third kappa shape index (κ3) is 10.3. The largest absolute Gasteiger partial charge is 0.480 e. The molecule has 0 aliphatic carbocycles. The summed E-state index contributed by atoms with van der Waals surface area (Å²) in [6, 6.07) is 4.20. The number of hydrogen-bond acceptors (Lipinski definition) is 7. The molecule has 3 amide bonds. The fraction of sp³-hybridized carbons (Fsp3) is 0.476. The normalized spacial score (nSPS) is 14.1. The van der Waals surface area contributed by atoms with Gasteiger partial charge in [0.1, 0.15) is 24.2 Å². The molecule has 13 nitrogen and oxygen atoms in total. The zero-order chi connectivity index (χ0) is 25.7. The van der Waals surface area contributed by atoms with E-state index in [1.54, 1.807) is 30.3 Å². The number of aliphatic carboxylic acids is 1. The van der Waals surface area contributed by atoms with E-state index in [2.05, 4.69) is 20.9 Å². The van der Waals surface area contributed by atoms with E-state index >= 15 is 0 Å². The first-order valence-corrected chi connectivity index (χ1v) is 10.6. The van der Waals surface area contributed by atoms with E-state index in [-0.39, 0.29) is 25.3 Å². The highest BCUT2D eigenvalue weighted by Gasteiger charge is 2.28. The quantitative estimate of drug-likeness (QED) is 0.0778. The Morgan fingerprint density at radius 2 is 1.59 bits per heavy atom. The number of hydrogen-bond donors (Lipinski definition) is 8. The Labute approximate surface area is 197 Å². The van der Waals surface area contributed by atoms with Crippen molar-refractivity contribution in [2.75, 3.05) is 13.2 Å². The zero-order valence-corrected chi connectivity index (χ0v) is 18.9. The van der Waals surface area contributed by atoms with Gasteiger partial charge in [-0.15, -0.1) is 0 Å². The first kappa shape index (κ1) is 28.3. The van der Waals surface area contributed by atoms with Gasteiger partial charge in [-0.2, -0.15) is 0 Å². The molecule has 0 saturated carbocycles. The van der Waals surface area contributed by atoms with E-state index in [4.69, 9.17) is 22.3 Å². The molecule has 0 heterocycles. The van der Waals surface area contributed by atoms with Gasteiger partial charge in [-0.3, -0.25) is 19.4 Å². The number of carbonyl (C=O) groups excluding carboxylic acids is 3. The van der Waals surface area contributed by atoms with Crippen LogP contribution in [-0.4, -0.2) is 77.2 Å². The Bertz CT molecular complexity index is 860. The zero-order valence-electron chi connectivity index (χ0n) is 18.9. The number of carboxylic acid groups (broad SMARTS) is 1. The number of rotatable bonds is 14. The van der Waals surface area contributed by atoms with Crippen molar-refractivity contribution in [1.82, 2.24) is 16.0 Å². The second kappa shape index (κ2) is 14.4. The maximum Gasteiger partial charge on any atom is 0.326 e. The molecule has 1 rings (SSSR count). The van der Waals surface area contributed by atoms with E-state index in [9.17, 15) is 24.3 Å². The van der Waals surface area contributed by atoms with Crippen molar-refractivity contribution in [1.29, 1.82) is 0 Å². The second-order valence-corrected chi connectivity index (χ2v) is 7.62.